The third kappa shape index (κ3) is 4.24. The lowest BCUT2D eigenvalue weighted by Gasteiger charge is -2.34. The van der Waals surface area contributed by atoms with Crippen LogP contribution >= 0.6 is 0 Å². The molecule has 1 heterocycles. The molecule has 1 fully saturated rings. The summed E-state index contributed by atoms with van der Waals surface area (Å²) in [6, 6.07) is 4.51. The van der Waals surface area contributed by atoms with Gasteiger partial charge in [-0.25, -0.2) is 13.2 Å². The molecule has 1 unspecified atom stereocenters. The lowest BCUT2D eigenvalue weighted by atomic mass is 10.0. The summed E-state index contributed by atoms with van der Waals surface area (Å²) < 4.78 is 48.1. The Balaban J connectivity index is 1.68. The summed E-state index contributed by atoms with van der Waals surface area (Å²) in [6.45, 7) is 4.93. The molecule has 8 heteroatoms. The molecule has 1 saturated carbocycles. The van der Waals surface area contributed by atoms with E-state index in [0.29, 0.717) is 12.0 Å². The number of carbonyl (C=O) groups excluding carboxylic acids is 2. The topological polar surface area (TPSA) is 58.6 Å². The van der Waals surface area contributed by atoms with Gasteiger partial charge in [0.25, 0.3) is 5.91 Å². The van der Waals surface area contributed by atoms with Crippen LogP contribution < -0.4 is 15.0 Å². The number of fused-ring (bicyclic) bond motifs is 1. The fourth-order valence-electron chi connectivity index (χ4n) is 3.78. The summed E-state index contributed by atoms with van der Waals surface area (Å²) in [5, 5.41) is 2.63. The minimum Gasteiger partial charge on any atom is -0.476 e. The molecule has 2 aromatic rings. The average molecular weight is 432 g/mol. The minimum absolute atomic E-state index is 0.00583. The molecule has 1 atom stereocenters. The first-order valence-corrected chi connectivity index (χ1v) is 10.1. The Hall–Kier alpha value is -3.03. The number of carbonyl (C=O) groups is 2. The normalized spacial score (nSPS) is 19.0. The number of halogens is 3. The van der Waals surface area contributed by atoms with Crippen molar-refractivity contribution in [1.82, 2.24) is 0 Å². The molecule has 2 aromatic carbocycles. The number of hydrogen-bond donors (Lipinski definition) is 1. The van der Waals surface area contributed by atoms with E-state index in [9.17, 15) is 18.4 Å². The van der Waals surface area contributed by atoms with E-state index in [1.54, 1.807) is 6.92 Å². The zero-order valence-electron chi connectivity index (χ0n) is 17.5. The molecule has 0 aromatic heterocycles. The molecule has 164 valence electrons. The third-order valence-electron chi connectivity index (χ3n) is 5.82. The minimum atomic E-state index is -1.00. The van der Waals surface area contributed by atoms with Gasteiger partial charge >= 0.3 is 0 Å². The van der Waals surface area contributed by atoms with Crippen LogP contribution in [0.5, 0.6) is 5.75 Å². The van der Waals surface area contributed by atoms with Gasteiger partial charge in [-0.05, 0) is 61.4 Å². The van der Waals surface area contributed by atoms with E-state index in [4.69, 9.17) is 4.74 Å². The molecule has 0 radical (unpaired) electrons. The van der Waals surface area contributed by atoms with Gasteiger partial charge in [0.05, 0.1) is 17.9 Å². The Kier molecular flexibility index (Phi) is 5.19. The predicted octanol–water partition coefficient (Wildman–Crippen LogP) is 4.86. The highest BCUT2D eigenvalue weighted by molar-refractivity contribution is 6.01. The molecule has 1 aliphatic heterocycles. The van der Waals surface area contributed by atoms with Crippen LogP contribution in [0.2, 0.25) is 0 Å². The highest BCUT2D eigenvalue weighted by Crippen LogP contribution is 2.48. The van der Waals surface area contributed by atoms with Crippen LogP contribution in [0.25, 0.3) is 0 Å². The van der Waals surface area contributed by atoms with E-state index in [0.717, 1.165) is 31.0 Å². The second-order valence-corrected chi connectivity index (χ2v) is 8.73. The third-order valence-corrected chi connectivity index (χ3v) is 5.82. The van der Waals surface area contributed by atoms with Crippen molar-refractivity contribution >= 4 is 23.2 Å². The summed E-state index contributed by atoms with van der Waals surface area (Å²) in [6.07, 6.45) is 1.22. The molecule has 1 N–H and O–H groups in total. The van der Waals surface area contributed by atoms with E-state index >= 15 is 4.39 Å². The van der Waals surface area contributed by atoms with Gasteiger partial charge < -0.3 is 15.0 Å². The van der Waals surface area contributed by atoms with Crippen LogP contribution in [0, 0.1) is 29.8 Å². The second-order valence-electron chi connectivity index (χ2n) is 8.73. The van der Waals surface area contributed by atoms with Crippen LogP contribution in [-0.2, 0) is 16.1 Å². The van der Waals surface area contributed by atoms with Crippen LogP contribution in [0.1, 0.15) is 44.2 Å². The highest BCUT2D eigenvalue weighted by atomic mass is 19.1. The Morgan fingerprint density at radius 3 is 2.45 bits per heavy atom. The Labute approximate surface area is 178 Å². The number of nitrogens with one attached hydrogen (secondary N) is 1. The Morgan fingerprint density at radius 2 is 1.84 bits per heavy atom. The number of anilines is 2. The van der Waals surface area contributed by atoms with Gasteiger partial charge in [0.1, 0.15) is 11.6 Å². The Bertz CT molecular complexity index is 1060. The number of nitrogens with zero attached hydrogens (tertiary/aromatic N) is 1. The number of benzene rings is 2. The lowest BCUT2D eigenvalue weighted by molar-refractivity contribution is -0.125. The van der Waals surface area contributed by atoms with Crippen LogP contribution in [0.15, 0.2) is 24.3 Å². The number of amides is 2. The van der Waals surface area contributed by atoms with Gasteiger partial charge in [-0.1, -0.05) is 6.92 Å². The molecule has 0 bridgehead atoms. The predicted molar refractivity (Wildman–Crippen MR) is 109 cm³/mol. The Morgan fingerprint density at radius 1 is 1.19 bits per heavy atom. The first-order valence-electron chi connectivity index (χ1n) is 10.1. The molecule has 0 saturated heterocycles. The van der Waals surface area contributed by atoms with E-state index in [1.807, 2.05) is 6.92 Å². The molecule has 4 rings (SSSR count). The van der Waals surface area contributed by atoms with Crippen LogP contribution in [0.3, 0.4) is 0 Å². The molecular weight excluding hydrogens is 409 g/mol. The van der Waals surface area contributed by atoms with Gasteiger partial charge in [-0.3, -0.25) is 9.59 Å². The van der Waals surface area contributed by atoms with E-state index in [-0.39, 0.29) is 40.6 Å². The largest absolute Gasteiger partial charge is 0.476 e. The van der Waals surface area contributed by atoms with Crippen LogP contribution in [0.4, 0.5) is 24.5 Å². The molecular formula is C23H23F3N2O3. The van der Waals surface area contributed by atoms with E-state index in [1.165, 1.54) is 17.9 Å². The van der Waals surface area contributed by atoms with Crippen molar-refractivity contribution in [2.45, 2.75) is 52.7 Å². The van der Waals surface area contributed by atoms with Crippen LogP contribution in [-0.4, -0.2) is 17.9 Å². The smallest absolute Gasteiger partial charge is 0.268 e. The first-order chi connectivity index (χ1) is 14.6. The fourth-order valence-corrected chi connectivity index (χ4v) is 3.78. The maximum Gasteiger partial charge on any atom is 0.268 e. The maximum absolute atomic E-state index is 15.4. The summed E-state index contributed by atoms with van der Waals surface area (Å²) in [7, 11) is 0. The number of ether oxygens (including phenoxy) is 1. The fraction of sp³-hybridized carbons (Fsp3) is 0.391. The summed E-state index contributed by atoms with van der Waals surface area (Å²) in [5.74, 6) is -3.24. The van der Waals surface area contributed by atoms with Crippen molar-refractivity contribution in [3.63, 3.8) is 0 Å². The van der Waals surface area contributed by atoms with Gasteiger partial charge in [0.2, 0.25) is 5.91 Å². The monoisotopic (exact) mass is 432 g/mol. The first kappa shape index (κ1) is 21.2. The summed E-state index contributed by atoms with van der Waals surface area (Å²) in [5.41, 5.74) is 0.754. The van der Waals surface area contributed by atoms with Crippen molar-refractivity contribution in [2.24, 2.45) is 5.41 Å². The standard InChI is InChI=1S/C23H23F3N2O3/c1-12-6-17-21(19(26)20(12)27-18(29)10-23(3)4-5-23)31-13(2)22(30)28(17)11-14-7-15(24)9-16(25)8-14/h6-9,13H,4-5,10-11H2,1-3H3,(H,27,29). The number of aryl methyl sites for hydroxylation is 1. The van der Waals surface area contributed by atoms with E-state index < -0.39 is 29.5 Å². The molecule has 2 amide bonds. The van der Waals surface area contributed by atoms with Gasteiger partial charge in [0.15, 0.2) is 17.7 Å². The number of hydrogen-bond acceptors (Lipinski definition) is 3. The van der Waals surface area contributed by atoms with E-state index in [2.05, 4.69) is 5.32 Å². The molecule has 31 heavy (non-hydrogen) atoms. The molecule has 0 spiro atoms. The molecule has 5 nitrogen and oxygen atoms in total. The van der Waals surface area contributed by atoms with Crippen molar-refractivity contribution in [3.05, 3.63) is 52.8 Å². The van der Waals surface area contributed by atoms with Gasteiger partial charge in [-0.15, -0.1) is 0 Å². The van der Waals surface area contributed by atoms with Gasteiger partial charge in [-0.2, -0.15) is 0 Å². The zero-order valence-corrected chi connectivity index (χ0v) is 17.5. The average Bonchev–Trinajstić information content (AvgIpc) is 3.39. The van der Waals surface area contributed by atoms with Crippen molar-refractivity contribution in [3.8, 4) is 5.75 Å². The van der Waals surface area contributed by atoms with Crippen molar-refractivity contribution < 1.29 is 27.5 Å². The van der Waals surface area contributed by atoms with Crippen molar-refractivity contribution in [1.29, 1.82) is 0 Å². The zero-order chi connectivity index (χ0) is 22.5. The molecule has 2 aliphatic rings. The van der Waals surface area contributed by atoms with Gasteiger partial charge in [0, 0.05) is 12.5 Å². The SMILES string of the molecule is Cc1cc2c(c(F)c1NC(=O)CC1(C)CC1)OC(C)C(=O)N2Cc1cc(F)cc(F)c1. The van der Waals surface area contributed by atoms with Crippen molar-refractivity contribution in [2.75, 3.05) is 10.2 Å². The second kappa shape index (κ2) is 7.59. The number of rotatable bonds is 5. The summed E-state index contributed by atoms with van der Waals surface area (Å²) in [4.78, 5) is 26.3. The molecule has 1 aliphatic carbocycles. The highest BCUT2D eigenvalue weighted by Gasteiger charge is 2.40. The summed E-state index contributed by atoms with van der Waals surface area (Å²) >= 11 is 0. The maximum atomic E-state index is 15.4. The quantitative estimate of drug-likeness (QED) is 0.735. The lowest BCUT2D eigenvalue weighted by Crippen LogP contribution is -2.44.